The maximum atomic E-state index is 5.75. The SMILES string of the molecule is Cn1ccc(Nc2ccnc3cc(N)ccc23)n1. The van der Waals surface area contributed by atoms with Gasteiger partial charge in [-0.05, 0) is 24.3 Å². The largest absolute Gasteiger partial charge is 0.399 e. The van der Waals surface area contributed by atoms with Gasteiger partial charge in [-0.15, -0.1) is 0 Å². The number of pyridine rings is 1. The number of fused-ring (bicyclic) bond motifs is 1. The van der Waals surface area contributed by atoms with Crippen LogP contribution in [0.2, 0.25) is 0 Å². The molecular formula is C13H13N5. The molecule has 0 radical (unpaired) electrons. The highest BCUT2D eigenvalue weighted by atomic mass is 15.3. The van der Waals surface area contributed by atoms with Gasteiger partial charge in [0.15, 0.2) is 5.82 Å². The van der Waals surface area contributed by atoms with Crippen LogP contribution in [0.5, 0.6) is 0 Å². The number of aromatic nitrogens is 3. The molecule has 0 saturated heterocycles. The van der Waals surface area contributed by atoms with Crippen LogP contribution in [0.25, 0.3) is 10.9 Å². The number of hydrogen-bond donors (Lipinski definition) is 2. The van der Waals surface area contributed by atoms with E-state index in [4.69, 9.17) is 5.73 Å². The fraction of sp³-hybridized carbons (Fsp3) is 0.0769. The molecular weight excluding hydrogens is 226 g/mol. The summed E-state index contributed by atoms with van der Waals surface area (Å²) in [6, 6.07) is 9.53. The Morgan fingerprint density at radius 2 is 2.11 bits per heavy atom. The van der Waals surface area contributed by atoms with E-state index >= 15 is 0 Å². The Morgan fingerprint density at radius 1 is 1.22 bits per heavy atom. The van der Waals surface area contributed by atoms with Gasteiger partial charge in [0.2, 0.25) is 0 Å². The molecule has 5 heteroatoms. The monoisotopic (exact) mass is 239 g/mol. The minimum Gasteiger partial charge on any atom is -0.399 e. The lowest BCUT2D eigenvalue weighted by molar-refractivity contribution is 0.771. The van der Waals surface area contributed by atoms with Crippen LogP contribution in [0.15, 0.2) is 42.7 Å². The summed E-state index contributed by atoms with van der Waals surface area (Å²) in [6.07, 6.45) is 3.65. The summed E-state index contributed by atoms with van der Waals surface area (Å²) in [5.74, 6) is 0.807. The molecule has 3 N–H and O–H groups in total. The van der Waals surface area contributed by atoms with Crippen LogP contribution in [0.1, 0.15) is 0 Å². The second-order valence-corrected chi connectivity index (χ2v) is 4.13. The fourth-order valence-electron chi connectivity index (χ4n) is 1.89. The van der Waals surface area contributed by atoms with Crippen molar-refractivity contribution in [3.8, 4) is 0 Å². The average molecular weight is 239 g/mol. The van der Waals surface area contributed by atoms with Crippen molar-refractivity contribution in [2.45, 2.75) is 0 Å². The van der Waals surface area contributed by atoms with Gasteiger partial charge >= 0.3 is 0 Å². The molecule has 3 rings (SSSR count). The van der Waals surface area contributed by atoms with Crippen molar-refractivity contribution in [1.82, 2.24) is 14.8 Å². The molecule has 18 heavy (non-hydrogen) atoms. The molecule has 2 heterocycles. The molecule has 90 valence electrons. The lowest BCUT2D eigenvalue weighted by Gasteiger charge is -2.07. The van der Waals surface area contributed by atoms with E-state index in [-0.39, 0.29) is 0 Å². The highest BCUT2D eigenvalue weighted by molar-refractivity contribution is 5.93. The standard InChI is InChI=1S/C13H13N5/c1-18-7-5-13(17-18)16-11-4-6-15-12-8-9(14)2-3-10(11)12/h2-8H,14H2,1H3,(H,15,16,17). The molecule has 0 fully saturated rings. The van der Waals surface area contributed by atoms with Crippen LogP contribution >= 0.6 is 0 Å². The van der Waals surface area contributed by atoms with E-state index in [0.717, 1.165) is 22.4 Å². The van der Waals surface area contributed by atoms with Crippen molar-refractivity contribution >= 4 is 28.1 Å². The number of aryl methyl sites for hydroxylation is 1. The van der Waals surface area contributed by atoms with E-state index < -0.39 is 0 Å². The first-order chi connectivity index (χ1) is 8.72. The average Bonchev–Trinajstić information content (AvgIpc) is 2.75. The minimum absolute atomic E-state index is 0.713. The van der Waals surface area contributed by atoms with E-state index in [0.29, 0.717) is 5.69 Å². The van der Waals surface area contributed by atoms with Gasteiger partial charge in [0.05, 0.1) is 11.2 Å². The topological polar surface area (TPSA) is 68.8 Å². The number of benzene rings is 1. The molecule has 0 aliphatic carbocycles. The molecule has 0 saturated carbocycles. The zero-order chi connectivity index (χ0) is 12.5. The smallest absolute Gasteiger partial charge is 0.152 e. The first-order valence-corrected chi connectivity index (χ1v) is 5.63. The maximum absolute atomic E-state index is 5.75. The molecule has 0 amide bonds. The summed E-state index contributed by atoms with van der Waals surface area (Å²) in [4.78, 5) is 4.30. The number of rotatable bonds is 2. The summed E-state index contributed by atoms with van der Waals surface area (Å²) >= 11 is 0. The Balaban J connectivity index is 2.06. The lowest BCUT2D eigenvalue weighted by Crippen LogP contribution is -1.95. The summed E-state index contributed by atoms with van der Waals surface area (Å²) in [5, 5.41) is 8.59. The van der Waals surface area contributed by atoms with Crippen molar-refractivity contribution in [1.29, 1.82) is 0 Å². The Hall–Kier alpha value is -2.56. The molecule has 3 aromatic rings. The van der Waals surface area contributed by atoms with Crippen LogP contribution < -0.4 is 11.1 Å². The number of nitrogens with one attached hydrogen (secondary N) is 1. The first-order valence-electron chi connectivity index (χ1n) is 5.63. The first kappa shape index (κ1) is 10.6. The van der Waals surface area contributed by atoms with Crippen LogP contribution in [-0.4, -0.2) is 14.8 Å². The highest BCUT2D eigenvalue weighted by Crippen LogP contribution is 2.25. The van der Waals surface area contributed by atoms with Crippen molar-refractivity contribution in [3.63, 3.8) is 0 Å². The highest BCUT2D eigenvalue weighted by Gasteiger charge is 2.04. The Labute approximate surface area is 104 Å². The molecule has 0 atom stereocenters. The van der Waals surface area contributed by atoms with Gasteiger partial charge in [-0.1, -0.05) is 0 Å². The second-order valence-electron chi connectivity index (χ2n) is 4.13. The molecule has 0 bridgehead atoms. The molecule has 0 spiro atoms. The zero-order valence-electron chi connectivity index (χ0n) is 9.96. The number of hydrogen-bond acceptors (Lipinski definition) is 4. The second kappa shape index (κ2) is 4.03. The Morgan fingerprint density at radius 3 is 2.89 bits per heavy atom. The summed E-state index contributed by atoms with van der Waals surface area (Å²) in [5.41, 5.74) is 8.31. The molecule has 5 nitrogen and oxygen atoms in total. The van der Waals surface area contributed by atoms with Crippen molar-refractivity contribution in [3.05, 3.63) is 42.7 Å². The van der Waals surface area contributed by atoms with Crippen molar-refractivity contribution in [2.75, 3.05) is 11.1 Å². The maximum Gasteiger partial charge on any atom is 0.152 e. The number of nitrogen functional groups attached to an aromatic ring is 1. The molecule has 0 unspecified atom stereocenters. The van der Waals surface area contributed by atoms with E-state index in [1.807, 2.05) is 43.6 Å². The molecule has 0 aliphatic heterocycles. The van der Waals surface area contributed by atoms with E-state index in [1.165, 1.54) is 0 Å². The minimum atomic E-state index is 0.713. The summed E-state index contributed by atoms with van der Waals surface area (Å²) in [6.45, 7) is 0. The van der Waals surface area contributed by atoms with Gasteiger partial charge < -0.3 is 11.1 Å². The fourth-order valence-corrected chi connectivity index (χ4v) is 1.89. The van der Waals surface area contributed by atoms with E-state index in [1.54, 1.807) is 10.9 Å². The van der Waals surface area contributed by atoms with Crippen molar-refractivity contribution in [2.24, 2.45) is 7.05 Å². The summed E-state index contributed by atoms with van der Waals surface area (Å²) in [7, 11) is 1.89. The lowest BCUT2D eigenvalue weighted by atomic mass is 10.1. The van der Waals surface area contributed by atoms with Gasteiger partial charge in [-0.3, -0.25) is 9.67 Å². The molecule has 1 aromatic carbocycles. The predicted octanol–water partition coefficient (Wildman–Crippen LogP) is 2.29. The van der Waals surface area contributed by atoms with Crippen LogP contribution in [0.4, 0.5) is 17.2 Å². The van der Waals surface area contributed by atoms with E-state index in [2.05, 4.69) is 15.4 Å². The molecule has 0 aliphatic rings. The number of anilines is 3. The predicted molar refractivity (Wildman–Crippen MR) is 72.6 cm³/mol. The van der Waals surface area contributed by atoms with Crippen LogP contribution in [-0.2, 0) is 7.05 Å². The third-order valence-corrected chi connectivity index (χ3v) is 2.74. The summed E-state index contributed by atoms with van der Waals surface area (Å²) < 4.78 is 1.75. The Bertz CT molecular complexity index is 701. The third-order valence-electron chi connectivity index (χ3n) is 2.74. The Kier molecular flexibility index (Phi) is 2.37. The zero-order valence-corrected chi connectivity index (χ0v) is 9.96. The number of nitrogens with two attached hydrogens (primary N) is 1. The quantitative estimate of drug-likeness (QED) is 0.673. The van der Waals surface area contributed by atoms with Crippen LogP contribution in [0, 0.1) is 0 Å². The normalized spacial score (nSPS) is 10.7. The van der Waals surface area contributed by atoms with Gasteiger partial charge in [0.1, 0.15) is 0 Å². The van der Waals surface area contributed by atoms with E-state index in [9.17, 15) is 0 Å². The van der Waals surface area contributed by atoms with Gasteiger partial charge in [0, 0.05) is 36.6 Å². The van der Waals surface area contributed by atoms with Gasteiger partial charge in [-0.25, -0.2) is 0 Å². The molecule has 2 aromatic heterocycles. The van der Waals surface area contributed by atoms with Gasteiger partial charge in [-0.2, -0.15) is 5.10 Å². The van der Waals surface area contributed by atoms with Crippen LogP contribution in [0.3, 0.4) is 0 Å². The van der Waals surface area contributed by atoms with Crippen molar-refractivity contribution < 1.29 is 0 Å². The number of nitrogens with zero attached hydrogens (tertiary/aromatic N) is 3. The van der Waals surface area contributed by atoms with Gasteiger partial charge in [0.25, 0.3) is 0 Å². The third kappa shape index (κ3) is 1.86.